The fraction of sp³-hybridized carbons (Fsp3) is 0.591. The Bertz CT molecular complexity index is 674. The molecule has 1 aliphatic carbocycles. The molecule has 0 amide bonds. The number of fused-ring (bicyclic) bond motifs is 3. The summed E-state index contributed by atoms with van der Waals surface area (Å²) in [6.45, 7) is 6.12. The minimum Gasteiger partial charge on any atom is -0.496 e. The molecule has 4 unspecified atom stereocenters. The maximum absolute atomic E-state index is 13.1. The second kappa shape index (κ2) is 8.55. The van der Waals surface area contributed by atoms with E-state index in [0.717, 1.165) is 51.1 Å². The molecule has 146 valence electrons. The van der Waals surface area contributed by atoms with Crippen LogP contribution in [0, 0.1) is 11.8 Å². The Balaban J connectivity index is 1.44. The lowest BCUT2D eigenvalue weighted by Gasteiger charge is -2.48. The summed E-state index contributed by atoms with van der Waals surface area (Å²) >= 11 is 0. The van der Waals surface area contributed by atoms with Crippen LogP contribution in [0.3, 0.4) is 0 Å². The molecule has 0 N–H and O–H groups in total. The number of hydrogen-bond donors (Lipinski definition) is 0. The van der Waals surface area contributed by atoms with Gasteiger partial charge in [-0.1, -0.05) is 30.3 Å². The summed E-state index contributed by atoms with van der Waals surface area (Å²) < 4.78 is 17.7. The number of ketones is 1. The topological polar surface area (TPSA) is 48.0 Å². The van der Waals surface area contributed by atoms with Crippen molar-refractivity contribution in [3.63, 3.8) is 0 Å². The van der Waals surface area contributed by atoms with Crippen molar-refractivity contribution in [2.24, 2.45) is 11.8 Å². The summed E-state index contributed by atoms with van der Waals surface area (Å²) in [5, 5.41) is 0. The van der Waals surface area contributed by atoms with E-state index in [2.05, 4.69) is 4.90 Å². The summed E-state index contributed by atoms with van der Waals surface area (Å²) in [5.41, 5.74) is 1.65. The van der Waals surface area contributed by atoms with E-state index in [1.54, 1.807) is 6.26 Å². The first-order chi connectivity index (χ1) is 13.3. The summed E-state index contributed by atoms with van der Waals surface area (Å²) in [6, 6.07) is 9.83. The van der Waals surface area contributed by atoms with Gasteiger partial charge in [0.05, 0.1) is 30.6 Å². The van der Waals surface area contributed by atoms with Crippen LogP contribution in [0.2, 0.25) is 0 Å². The highest BCUT2D eigenvalue weighted by atomic mass is 16.5. The molecule has 0 bridgehead atoms. The van der Waals surface area contributed by atoms with E-state index >= 15 is 0 Å². The van der Waals surface area contributed by atoms with Crippen LogP contribution in [-0.2, 0) is 19.0 Å². The zero-order valence-corrected chi connectivity index (χ0v) is 16.0. The van der Waals surface area contributed by atoms with Gasteiger partial charge in [-0.15, -0.1) is 0 Å². The van der Waals surface area contributed by atoms with Crippen molar-refractivity contribution in [3.05, 3.63) is 42.2 Å². The number of allylic oxidation sites excluding steroid dienone is 1. The van der Waals surface area contributed by atoms with Crippen LogP contribution in [0.5, 0.6) is 0 Å². The Morgan fingerprint density at radius 3 is 2.89 bits per heavy atom. The predicted octanol–water partition coefficient (Wildman–Crippen LogP) is 3.11. The van der Waals surface area contributed by atoms with Gasteiger partial charge in [0.2, 0.25) is 0 Å². The van der Waals surface area contributed by atoms with Crippen LogP contribution < -0.4 is 0 Å². The molecule has 2 aliphatic heterocycles. The first-order valence-electron chi connectivity index (χ1n) is 10.1. The minimum atomic E-state index is -0.0709. The maximum atomic E-state index is 13.1. The number of ether oxygens (including phenoxy) is 3. The third-order valence-corrected chi connectivity index (χ3v) is 6.00. The Morgan fingerprint density at radius 1 is 1.22 bits per heavy atom. The fourth-order valence-electron chi connectivity index (χ4n) is 4.61. The van der Waals surface area contributed by atoms with Crippen molar-refractivity contribution in [2.75, 3.05) is 33.0 Å². The van der Waals surface area contributed by atoms with Crippen LogP contribution in [0.1, 0.15) is 31.7 Å². The largest absolute Gasteiger partial charge is 0.496 e. The van der Waals surface area contributed by atoms with Crippen molar-refractivity contribution in [1.82, 2.24) is 4.90 Å². The third kappa shape index (κ3) is 3.96. The van der Waals surface area contributed by atoms with E-state index in [-0.39, 0.29) is 29.8 Å². The van der Waals surface area contributed by atoms with Gasteiger partial charge in [0.1, 0.15) is 6.10 Å². The van der Waals surface area contributed by atoms with Crippen molar-refractivity contribution in [1.29, 1.82) is 0 Å². The van der Waals surface area contributed by atoms with E-state index in [9.17, 15) is 4.79 Å². The number of carbonyl (C=O) groups excluding carboxylic acids is 1. The molecule has 4 atom stereocenters. The van der Waals surface area contributed by atoms with E-state index in [4.69, 9.17) is 14.2 Å². The summed E-state index contributed by atoms with van der Waals surface area (Å²) in [6.07, 6.45) is 4.61. The molecule has 3 aliphatic rings. The monoisotopic (exact) mass is 371 g/mol. The highest BCUT2D eigenvalue weighted by Gasteiger charge is 2.48. The van der Waals surface area contributed by atoms with Gasteiger partial charge in [0.15, 0.2) is 5.78 Å². The fourth-order valence-corrected chi connectivity index (χ4v) is 4.61. The van der Waals surface area contributed by atoms with Gasteiger partial charge < -0.3 is 14.2 Å². The molecule has 1 aromatic rings. The molecule has 1 aromatic carbocycles. The molecule has 5 nitrogen and oxygen atoms in total. The molecule has 27 heavy (non-hydrogen) atoms. The van der Waals surface area contributed by atoms with Crippen LogP contribution in [0.15, 0.2) is 36.6 Å². The van der Waals surface area contributed by atoms with E-state index in [1.807, 2.05) is 37.3 Å². The van der Waals surface area contributed by atoms with Gasteiger partial charge in [-0.2, -0.15) is 0 Å². The second-order valence-corrected chi connectivity index (χ2v) is 7.67. The van der Waals surface area contributed by atoms with Crippen molar-refractivity contribution >= 4 is 11.4 Å². The highest BCUT2D eigenvalue weighted by Crippen LogP contribution is 2.41. The molecular weight excluding hydrogens is 342 g/mol. The molecule has 2 heterocycles. The van der Waals surface area contributed by atoms with Gasteiger partial charge in [-0.05, 0) is 31.7 Å². The van der Waals surface area contributed by atoms with Crippen molar-refractivity contribution < 1.29 is 19.0 Å². The third-order valence-electron chi connectivity index (χ3n) is 6.00. The van der Waals surface area contributed by atoms with Gasteiger partial charge in [0.25, 0.3) is 0 Å². The van der Waals surface area contributed by atoms with Crippen LogP contribution in [0.4, 0.5) is 0 Å². The highest BCUT2D eigenvalue weighted by molar-refractivity contribution is 6.22. The lowest BCUT2D eigenvalue weighted by molar-refractivity contribution is -0.170. The zero-order valence-electron chi connectivity index (χ0n) is 16.0. The minimum absolute atomic E-state index is 0.0570. The Kier molecular flexibility index (Phi) is 5.91. The summed E-state index contributed by atoms with van der Waals surface area (Å²) in [5.74, 6) is 0.421. The number of nitrogens with zero attached hydrogens (tertiary/aromatic N) is 1. The zero-order chi connectivity index (χ0) is 18.6. The number of benzene rings is 1. The standard InChI is InChI=1S/C22H29NO4/c1-2-25-12-6-11-23-13-18-20(27-15-23)10-9-17-21(24)19(14-26-22(17)18)16-7-4-3-5-8-16/h3-5,7-8,14,17-18,20,22H,2,6,9-13,15H2,1H3. The van der Waals surface area contributed by atoms with E-state index in [0.29, 0.717) is 12.3 Å². The molecule has 5 heteroatoms. The molecule has 2 fully saturated rings. The Hall–Kier alpha value is -1.69. The van der Waals surface area contributed by atoms with Crippen LogP contribution in [-0.4, -0.2) is 55.9 Å². The van der Waals surface area contributed by atoms with Gasteiger partial charge in [0, 0.05) is 32.2 Å². The molecule has 4 rings (SSSR count). The van der Waals surface area contributed by atoms with Gasteiger partial charge >= 0.3 is 0 Å². The van der Waals surface area contributed by atoms with Crippen molar-refractivity contribution in [2.45, 2.75) is 38.4 Å². The van der Waals surface area contributed by atoms with Crippen LogP contribution in [0.25, 0.3) is 5.57 Å². The number of hydrogen-bond acceptors (Lipinski definition) is 5. The van der Waals surface area contributed by atoms with E-state index in [1.165, 1.54) is 0 Å². The lowest BCUT2D eigenvalue weighted by atomic mass is 9.71. The molecule has 1 saturated heterocycles. The molecule has 0 aromatic heterocycles. The van der Waals surface area contributed by atoms with Gasteiger partial charge in [-0.25, -0.2) is 0 Å². The number of Topliss-reactive ketones (excluding diaryl/α,β-unsaturated/α-hetero) is 1. The number of carbonyl (C=O) groups is 1. The normalized spacial score (nSPS) is 30.9. The average molecular weight is 371 g/mol. The first kappa shape index (κ1) is 18.7. The summed E-state index contributed by atoms with van der Waals surface area (Å²) in [7, 11) is 0. The van der Waals surface area contributed by atoms with Crippen molar-refractivity contribution in [3.8, 4) is 0 Å². The molecular formula is C22H29NO4. The smallest absolute Gasteiger partial charge is 0.173 e. The Morgan fingerprint density at radius 2 is 2.07 bits per heavy atom. The average Bonchev–Trinajstić information content (AvgIpc) is 2.72. The quantitative estimate of drug-likeness (QED) is 0.719. The second-order valence-electron chi connectivity index (χ2n) is 7.67. The molecule has 0 radical (unpaired) electrons. The van der Waals surface area contributed by atoms with Crippen LogP contribution >= 0.6 is 0 Å². The van der Waals surface area contributed by atoms with E-state index < -0.39 is 0 Å². The summed E-state index contributed by atoms with van der Waals surface area (Å²) in [4.78, 5) is 15.5. The molecule has 1 saturated carbocycles. The predicted molar refractivity (Wildman–Crippen MR) is 103 cm³/mol. The maximum Gasteiger partial charge on any atom is 0.173 e. The Labute approximate surface area is 161 Å². The lowest BCUT2D eigenvalue weighted by Crippen LogP contribution is -2.56. The van der Waals surface area contributed by atoms with Gasteiger partial charge in [-0.3, -0.25) is 9.69 Å². The number of rotatable bonds is 6. The SMILES string of the molecule is CCOCCCN1COC2CCC3C(=O)C(c4ccccc4)=COC3C2C1. The molecule has 0 spiro atoms. The first-order valence-corrected chi connectivity index (χ1v) is 10.1.